The maximum atomic E-state index is 5.16. The third-order valence-electron chi connectivity index (χ3n) is 10.5. The van der Waals surface area contributed by atoms with Crippen LogP contribution in [0.3, 0.4) is 0 Å². The predicted molar refractivity (Wildman–Crippen MR) is 217 cm³/mol. The van der Waals surface area contributed by atoms with Gasteiger partial charge < -0.3 is 0 Å². The molecule has 0 N–H and O–H groups in total. The molecule has 0 spiro atoms. The lowest BCUT2D eigenvalue weighted by molar-refractivity contribution is 0.745. The molecule has 4 heterocycles. The molecule has 0 bridgehead atoms. The van der Waals surface area contributed by atoms with Crippen LogP contribution in [0.4, 0.5) is 0 Å². The molecule has 10 aromatic rings. The number of hydrogen-bond donors (Lipinski definition) is 0. The Balaban J connectivity index is 1.12. The van der Waals surface area contributed by atoms with E-state index in [1.165, 1.54) is 22.3 Å². The van der Waals surface area contributed by atoms with Gasteiger partial charge in [-0.05, 0) is 70.8 Å². The van der Waals surface area contributed by atoms with Crippen molar-refractivity contribution in [3.8, 4) is 22.5 Å². The van der Waals surface area contributed by atoms with Crippen molar-refractivity contribution >= 4 is 43.6 Å². The Morgan fingerprint density at radius 3 is 1.15 bits per heavy atom. The normalized spacial score (nSPS) is 11.8. The second kappa shape index (κ2) is 12.6. The fraction of sp³-hybridized carbons (Fsp3) is 0.0204. The largest absolute Gasteiger partial charge is 0.256 e. The van der Waals surface area contributed by atoms with Crippen LogP contribution < -0.4 is 0 Å². The van der Waals surface area contributed by atoms with Gasteiger partial charge in [-0.15, -0.1) is 0 Å². The molecule has 53 heavy (non-hydrogen) atoms. The number of fused-ring (bicyclic) bond motifs is 6. The highest BCUT2D eigenvalue weighted by Gasteiger charge is 2.38. The minimum atomic E-state index is -0.586. The first-order chi connectivity index (χ1) is 26.3. The van der Waals surface area contributed by atoms with Crippen molar-refractivity contribution < 1.29 is 0 Å². The highest BCUT2D eigenvalue weighted by atomic mass is 14.7. The summed E-state index contributed by atoms with van der Waals surface area (Å²) in [6.45, 7) is 0. The van der Waals surface area contributed by atoms with E-state index in [0.717, 1.165) is 66.1 Å². The van der Waals surface area contributed by atoms with Crippen LogP contribution in [0.15, 0.2) is 194 Å². The number of rotatable bonds is 6. The summed E-state index contributed by atoms with van der Waals surface area (Å²) in [7, 11) is 0. The molecule has 10 rings (SSSR count). The molecule has 0 atom stereocenters. The molecule has 0 amide bonds. The van der Waals surface area contributed by atoms with Gasteiger partial charge in [0.25, 0.3) is 0 Å². The molecule has 0 aliphatic rings. The van der Waals surface area contributed by atoms with E-state index >= 15 is 0 Å². The second-order valence-electron chi connectivity index (χ2n) is 13.4. The van der Waals surface area contributed by atoms with Crippen molar-refractivity contribution in [1.82, 2.24) is 19.9 Å². The zero-order valence-electron chi connectivity index (χ0n) is 28.8. The van der Waals surface area contributed by atoms with Gasteiger partial charge in [0.2, 0.25) is 0 Å². The van der Waals surface area contributed by atoms with E-state index < -0.39 is 5.41 Å². The summed E-state index contributed by atoms with van der Waals surface area (Å²) in [5, 5.41) is 4.32. The highest BCUT2D eigenvalue weighted by molar-refractivity contribution is 6.05. The second-order valence-corrected chi connectivity index (χ2v) is 13.4. The molecule has 248 valence electrons. The van der Waals surface area contributed by atoms with Gasteiger partial charge in [-0.25, -0.2) is 9.97 Å². The zero-order chi connectivity index (χ0) is 35.2. The van der Waals surface area contributed by atoms with E-state index in [1.54, 1.807) is 0 Å². The predicted octanol–water partition coefficient (Wildman–Crippen LogP) is 11.6. The Morgan fingerprint density at radius 2 is 0.717 bits per heavy atom. The topological polar surface area (TPSA) is 51.6 Å². The van der Waals surface area contributed by atoms with Gasteiger partial charge in [-0.1, -0.05) is 133 Å². The van der Waals surface area contributed by atoms with Crippen molar-refractivity contribution in [2.75, 3.05) is 0 Å². The van der Waals surface area contributed by atoms with Crippen LogP contribution in [0.2, 0.25) is 0 Å². The van der Waals surface area contributed by atoms with E-state index in [9.17, 15) is 0 Å². The molecular formula is C49H32N4. The molecule has 6 aromatic carbocycles. The van der Waals surface area contributed by atoms with Gasteiger partial charge in [-0.2, -0.15) is 0 Å². The first kappa shape index (κ1) is 30.8. The van der Waals surface area contributed by atoms with Gasteiger partial charge >= 0.3 is 0 Å². The van der Waals surface area contributed by atoms with Crippen LogP contribution in [-0.2, 0) is 5.41 Å². The lowest BCUT2D eigenvalue weighted by Crippen LogP contribution is -2.31. The molecule has 0 saturated heterocycles. The average Bonchev–Trinajstić information content (AvgIpc) is 3.25. The summed E-state index contributed by atoms with van der Waals surface area (Å²) in [4.78, 5) is 19.4. The quantitative estimate of drug-likeness (QED) is 0.130. The van der Waals surface area contributed by atoms with E-state index in [1.807, 2.05) is 24.5 Å². The van der Waals surface area contributed by atoms with Crippen molar-refractivity contribution in [3.63, 3.8) is 0 Å². The Labute approximate surface area is 307 Å². The molecule has 4 nitrogen and oxygen atoms in total. The van der Waals surface area contributed by atoms with Crippen molar-refractivity contribution in [2.24, 2.45) is 0 Å². The number of pyridine rings is 4. The lowest BCUT2D eigenvalue weighted by Gasteiger charge is -2.37. The summed E-state index contributed by atoms with van der Waals surface area (Å²) in [5.41, 5.74) is 12.0. The standard InChI is InChI=1S/C49H32N4/c1-3-9-37(10-4-1)49(38-11-5-2-6-12-38,39-23-15-33(16-24-39)43-27-19-35-21-29-45-41(47(35)52-43)13-7-31-50-45)40-25-17-34(18-26-40)44-28-20-36-22-30-46-42(48(36)53-44)14-8-32-51-46/h1-32H. The number of aromatic nitrogens is 4. The van der Waals surface area contributed by atoms with Crippen LogP contribution in [0.1, 0.15) is 22.3 Å². The molecule has 0 unspecified atom stereocenters. The van der Waals surface area contributed by atoms with Gasteiger partial charge in [0.1, 0.15) is 0 Å². The van der Waals surface area contributed by atoms with E-state index in [2.05, 4.69) is 180 Å². The van der Waals surface area contributed by atoms with Crippen molar-refractivity contribution in [2.45, 2.75) is 5.41 Å². The molecule has 0 radical (unpaired) electrons. The highest BCUT2D eigenvalue weighted by Crippen LogP contribution is 2.46. The fourth-order valence-corrected chi connectivity index (χ4v) is 7.96. The molecule has 4 heteroatoms. The zero-order valence-corrected chi connectivity index (χ0v) is 28.8. The third kappa shape index (κ3) is 5.15. The lowest BCUT2D eigenvalue weighted by atomic mass is 9.65. The first-order valence-corrected chi connectivity index (χ1v) is 17.9. The molecule has 0 saturated carbocycles. The summed E-state index contributed by atoms with van der Waals surface area (Å²) in [6, 6.07) is 64.5. The van der Waals surface area contributed by atoms with Crippen LogP contribution in [0.5, 0.6) is 0 Å². The van der Waals surface area contributed by atoms with Crippen LogP contribution in [0, 0.1) is 0 Å². The Morgan fingerprint density at radius 1 is 0.321 bits per heavy atom. The van der Waals surface area contributed by atoms with Crippen molar-refractivity contribution in [1.29, 1.82) is 0 Å². The molecular weight excluding hydrogens is 645 g/mol. The minimum Gasteiger partial charge on any atom is -0.256 e. The number of hydrogen-bond acceptors (Lipinski definition) is 4. The SMILES string of the molecule is c1ccc(C(c2ccccc2)(c2ccc(-c3ccc4ccc5ncccc5c4n3)cc2)c2ccc(-c3ccc4ccc5ncccc5c4n3)cc2)cc1. The summed E-state index contributed by atoms with van der Waals surface area (Å²) in [5.74, 6) is 0. The third-order valence-corrected chi connectivity index (χ3v) is 10.5. The molecule has 0 aliphatic heterocycles. The molecule has 0 fully saturated rings. The van der Waals surface area contributed by atoms with Gasteiger partial charge in [-0.3, -0.25) is 9.97 Å². The van der Waals surface area contributed by atoms with Crippen LogP contribution in [0.25, 0.3) is 66.1 Å². The maximum absolute atomic E-state index is 5.16. The number of benzene rings is 6. The van der Waals surface area contributed by atoms with E-state index in [-0.39, 0.29) is 0 Å². The fourth-order valence-electron chi connectivity index (χ4n) is 7.96. The molecule has 4 aromatic heterocycles. The van der Waals surface area contributed by atoms with E-state index in [0.29, 0.717) is 0 Å². The Bertz CT molecular complexity index is 2720. The van der Waals surface area contributed by atoms with Crippen LogP contribution in [-0.4, -0.2) is 19.9 Å². The van der Waals surface area contributed by atoms with Crippen LogP contribution >= 0.6 is 0 Å². The van der Waals surface area contributed by atoms with E-state index in [4.69, 9.17) is 9.97 Å². The summed E-state index contributed by atoms with van der Waals surface area (Å²) in [6.07, 6.45) is 3.66. The summed E-state index contributed by atoms with van der Waals surface area (Å²) < 4.78 is 0. The van der Waals surface area contributed by atoms with Gasteiger partial charge in [0, 0.05) is 45.1 Å². The van der Waals surface area contributed by atoms with Gasteiger partial charge in [0.15, 0.2) is 0 Å². The first-order valence-electron chi connectivity index (χ1n) is 17.9. The maximum Gasteiger partial charge on any atom is 0.0803 e. The monoisotopic (exact) mass is 676 g/mol. The van der Waals surface area contributed by atoms with Crippen molar-refractivity contribution in [3.05, 3.63) is 217 Å². The summed E-state index contributed by atoms with van der Waals surface area (Å²) >= 11 is 0. The Hall–Kier alpha value is -7.04. The Kier molecular flexibility index (Phi) is 7.33. The smallest absolute Gasteiger partial charge is 0.0803 e. The number of nitrogens with zero attached hydrogens (tertiary/aromatic N) is 4. The average molecular weight is 677 g/mol. The molecule has 0 aliphatic carbocycles. The van der Waals surface area contributed by atoms with Gasteiger partial charge in [0.05, 0.1) is 38.9 Å². The minimum absolute atomic E-state index is 0.586.